The number of morpholine rings is 1. The fourth-order valence-electron chi connectivity index (χ4n) is 2.35. The van der Waals surface area contributed by atoms with E-state index in [1.807, 2.05) is 31.2 Å². The lowest BCUT2D eigenvalue weighted by atomic mass is 10.1. The van der Waals surface area contributed by atoms with Crippen LogP contribution >= 0.6 is 0 Å². The average Bonchev–Trinajstić information content (AvgIpc) is 2.54. The first-order valence-electron chi connectivity index (χ1n) is 7.04. The molecule has 6 nitrogen and oxygen atoms in total. The van der Waals surface area contributed by atoms with Gasteiger partial charge >= 0.3 is 0 Å². The maximum absolute atomic E-state index is 12.4. The molecular weight excluding hydrogens is 284 g/mol. The zero-order chi connectivity index (χ0) is 16.1. The van der Waals surface area contributed by atoms with Crippen molar-refractivity contribution in [2.24, 2.45) is 5.73 Å². The molecule has 118 valence electrons. The number of nitrogens with zero attached hydrogens (tertiary/aromatic N) is 1. The van der Waals surface area contributed by atoms with Gasteiger partial charge in [0.2, 0.25) is 11.8 Å². The predicted octanol–water partition coefficient (Wildman–Crippen LogP) is 0.811. The number of para-hydroxylation sites is 1. The number of carbonyl (C=O) groups is 2. The van der Waals surface area contributed by atoms with Gasteiger partial charge in [0.1, 0.15) is 5.75 Å². The minimum Gasteiger partial charge on any atom is -0.496 e. The number of rotatable bonds is 4. The van der Waals surface area contributed by atoms with Crippen LogP contribution < -0.4 is 10.5 Å². The number of hydrogen-bond donors (Lipinski definition) is 1. The molecule has 2 rings (SSSR count). The van der Waals surface area contributed by atoms with Gasteiger partial charge in [0.15, 0.2) is 6.10 Å². The largest absolute Gasteiger partial charge is 0.496 e. The van der Waals surface area contributed by atoms with Crippen LogP contribution in [0.5, 0.6) is 5.75 Å². The van der Waals surface area contributed by atoms with E-state index >= 15 is 0 Å². The normalized spacial score (nSPS) is 18.9. The molecule has 1 aromatic carbocycles. The molecule has 0 radical (unpaired) electrons. The smallest absolute Gasteiger partial charge is 0.248 e. The van der Waals surface area contributed by atoms with E-state index in [4.69, 9.17) is 15.2 Å². The summed E-state index contributed by atoms with van der Waals surface area (Å²) in [5.74, 6) is -0.0121. The Kier molecular flexibility index (Phi) is 5.16. The van der Waals surface area contributed by atoms with E-state index in [0.29, 0.717) is 18.9 Å². The summed E-state index contributed by atoms with van der Waals surface area (Å²) in [7, 11) is 1.59. The minimum atomic E-state index is -0.738. The molecule has 1 aliphatic rings. The zero-order valence-electron chi connectivity index (χ0n) is 12.7. The Morgan fingerprint density at radius 1 is 1.41 bits per heavy atom. The van der Waals surface area contributed by atoms with Gasteiger partial charge in [-0.15, -0.1) is 0 Å². The van der Waals surface area contributed by atoms with E-state index in [2.05, 4.69) is 0 Å². The highest BCUT2D eigenvalue weighted by molar-refractivity contribution is 5.96. The second-order valence-electron chi connectivity index (χ2n) is 5.07. The topological polar surface area (TPSA) is 81.9 Å². The fraction of sp³-hybridized carbons (Fsp3) is 0.375. The number of hydrogen-bond acceptors (Lipinski definition) is 4. The fourth-order valence-corrected chi connectivity index (χ4v) is 2.35. The van der Waals surface area contributed by atoms with Crippen molar-refractivity contribution in [2.45, 2.75) is 13.0 Å². The monoisotopic (exact) mass is 304 g/mol. The molecule has 2 N–H and O–H groups in total. The van der Waals surface area contributed by atoms with Crippen molar-refractivity contribution in [1.82, 2.24) is 4.90 Å². The van der Waals surface area contributed by atoms with E-state index in [-0.39, 0.29) is 12.5 Å². The van der Waals surface area contributed by atoms with Gasteiger partial charge in [0.25, 0.3) is 0 Å². The number of methoxy groups -OCH3 is 1. The van der Waals surface area contributed by atoms with Crippen molar-refractivity contribution in [3.8, 4) is 5.75 Å². The van der Waals surface area contributed by atoms with Gasteiger partial charge in [0.05, 0.1) is 20.3 Å². The Morgan fingerprint density at radius 3 is 2.82 bits per heavy atom. The summed E-state index contributed by atoms with van der Waals surface area (Å²) >= 11 is 0. The predicted molar refractivity (Wildman–Crippen MR) is 82.2 cm³/mol. The van der Waals surface area contributed by atoms with Crippen molar-refractivity contribution in [3.63, 3.8) is 0 Å². The van der Waals surface area contributed by atoms with Gasteiger partial charge in [-0.1, -0.05) is 18.2 Å². The standard InChI is InChI=1S/C16H20N2O4/c1-11(12-5-3-4-6-13(12)21-2)9-15(19)18-7-8-22-14(10-18)16(17)20/h3-6,9,14H,7-8,10H2,1-2H3,(H2,17,20)/b11-9-/t14-/m1/s1. The molecule has 0 aliphatic carbocycles. The second kappa shape index (κ2) is 7.09. The number of amides is 2. The minimum absolute atomic E-state index is 0.169. The van der Waals surface area contributed by atoms with Crippen LogP contribution in [-0.4, -0.2) is 49.6 Å². The van der Waals surface area contributed by atoms with Crippen LogP contribution in [-0.2, 0) is 14.3 Å². The molecule has 0 aromatic heterocycles. The van der Waals surface area contributed by atoms with Gasteiger partial charge < -0.3 is 20.1 Å². The number of allylic oxidation sites excluding steroid dienone is 1. The summed E-state index contributed by atoms with van der Waals surface area (Å²) in [6, 6.07) is 7.49. The summed E-state index contributed by atoms with van der Waals surface area (Å²) in [5.41, 5.74) is 6.88. The van der Waals surface area contributed by atoms with E-state index in [1.54, 1.807) is 18.1 Å². The molecule has 1 saturated heterocycles. The Labute approximate surface area is 129 Å². The molecule has 1 atom stereocenters. The van der Waals surface area contributed by atoms with Gasteiger partial charge in [-0.2, -0.15) is 0 Å². The Balaban J connectivity index is 2.14. The summed E-state index contributed by atoms with van der Waals surface area (Å²) in [5, 5.41) is 0. The zero-order valence-corrected chi connectivity index (χ0v) is 12.7. The summed E-state index contributed by atoms with van der Waals surface area (Å²) in [4.78, 5) is 25.1. The third kappa shape index (κ3) is 3.65. The molecule has 0 unspecified atom stereocenters. The van der Waals surface area contributed by atoms with Crippen LogP contribution in [0, 0.1) is 0 Å². The molecule has 22 heavy (non-hydrogen) atoms. The SMILES string of the molecule is COc1ccccc1/C(C)=C\C(=O)N1CCO[C@@H](C(N)=O)C1. The molecule has 0 saturated carbocycles. The molecule has 0 spiro atoms. The van der Waals surface area contributed by atoms with Gasteiger partial charge in [0, 0.05) is 18.2 Å². The van der Waals surface area contributed by atoms with Crippen LogP contribution in [0.25, 0.3) is 5.57 Å². The van der Waals surface area contributed by atoms with E-state index < -0.39 is 12.0 Å². The van der Waals surface area contributed by atoms with Crippen LogP contribution in [0.1, 0.15) is 12.5 Å². The van der Waals surface area contributed by atoms with E-state index in [0.717, 1.165) is 11.1 Å². The van der Waals surface area contributed by atoms with Crippen LogP contribution in [0.4, 0.5) is 0 Å². The van der Waals surface area contributed by atoms with Crippen LogP contribution in [0.15, 0.2) is 30.3 Å². The van der Waals surface area contributed by atoms with Crippen molar-refractivity contribution in [1.29, 1.82) is 0 Å². The summed E-state index contributed by atoms with van der Waals surface area (Å²) in [6.07, 6.45) is 0.805. The highest BCUT2D eigenvalue weighted by Crippen LogP contribution is 2.25. The molecule has 1 heterocycles. The van der Waals surface area contributed by atoms with Crippen molar-refractivity contribution in [2.75, 3.05) is 26.8 Å². The maximum Gasteiger partial charge on any atom is 0.248 e. The Hall–Kier alpha value is -2.34. The maximum atomic E-state index is 12.4. The number of carbonyl (C=O) groups excluding carboxylic acids is 2. The molecule has 1 aliphatic heterocycles. The number of benzene rings is 1. The first-order chi connectivity index (χ1) is 10.5. The van der Waals surface area contributed by atoms with Crippen molar-refractivity contribution in [3.05, 3.63) is 35.9 Å². The number of nitrogens with two attached hydrogens (primary N) is 1. The number of primary amides is 1. The van der Waals surface area contributed by atoms with Crippen LogP contribution in [0.3, 0.4) is 0 Å². The lowest BCUT2D eigenvalue weighted by molar-refractivity contribution is -0.142. The van der Waals surface area contributed by atoms with E-state index in [1.165, 1.54) is 0 Å². The number of ether oxygens (including phenoxy) is 2. The first kappa shape index (κ1) is 16.0. The highest BCUT2D eigenvalue weighted by atomic mass is 16.5. The van der Waals surface area contributed by atoms with Crippen molar-refractivity contribution >= 4 is 17.4 Å². The van der Waals surface area contributed by atoms with Gasteiger partial charge in [-0.05, 0) is 18.6 Å². The molecule has 6 heteroatoms. The second-order valence-corrected chi connectivity index (χ2v) is 5.07. The summed E-state index contributed by atoms with van der Waals surface area (Å²) < 4.78 is 10.5. The molecule has 1 fully saturated rings. The molecule has 2 amide bonds. The van der Waals surface area contributed by atoms with Gasteiger partial charge in [-0.25, -0.2) is 0 Å². The summed E-state index contributed by atoms with van der Waals surface area (Å²) in [6.45, 7) is 2.78. The lowest BCUT2D eigenvalue weighted by Gasteiger charge is -2.30. The third-order valence-electron chi connectivity index (χ3n) is 3.57. The van der Waals surface area contributed by atoms with Crippen LogP contribution in [0.2, 0.25) is 0 Å². The van der Waals surface area contributed by atoms with E-state index in [9.17, 15) is 9.59 Å². The molecule has 1 aromatic rings. The third-order valence-corrected chi connectivity index (χ3v) is 3.57. The quantitative estimate of drug-likeness (QED) is 0.835. The highest BCUT2D eigenvalue weighted by Gasteiger charge is 2.27. The Morgan fingerprint density at radius 2 is 2.14 bits per heavy atom. The Bertz CT molecular complexity index is 598. The molecule has 0 bridgehead atoms. The molecular formula is C16H20N2O4. The average molecular weight is 304 g/mol. The van der Waals surface area contributed by atoms with Crippen molar-refractivity contribution < 1.29 is 19.1 Å². The van der Waals surface area contributed by atoms with Gasteiger partial charge in [-0.3, -0.25) is 9.59 Å². The lowest BCUT2D eigenvalue weighted by Crippen LogP contribution is -2.50. The first-order valence-corrected chi connectivity index (χ1v) is 7.04.